The van der Waals surface area contributed by atoms with Crippen LogP contribution in [0.1, 0.15) is 26.5 Å². The second kappa shape index (κ2) is 6.12. The molecule has 0 unspecified atom stereocenters. The van der Waals surface area contributed by atoms with Gasteiger partial charge >= 0.3 is 12.0 Å². The number of carboxylic acids is 1. The maximum atomic E-state index is 12.0. The van der Waals surface area contributed by atoms with Crippen molar-refractivity contribution in [3.05, 3.63) is 24.0 Å². The summed E-state index contributed by atoms with van der Waals surface area (Å²) in [7, 11) is 0. The van der Waals surface area contributed by atoms with E-state index in [1.807, 2.05) is 0 Å². The molecule has 1 heterocycles. The van der Waals surface area contributed by atoms with Crippen molar-refractivity contribution in [2.75, 3.05) is 6.54 Å². The topological polar surface area (TPSA) is 95.4 Å². The molecule has 7 heteroatoms. The Morgan fingerprint density at radius 1 is 1.47 bits per heavy atom. The summed E-state index contributed by atoms with van der Waals surface area (Å²) in [5.74, 6) is -1.05. The van der Waals surface area contributed by atoms with Gasteiger partial charge in [0.05, 0.1) is 12.2 Å². The van der Waals surface area contributed by atoms with E-state index in [0.717, 1.165) is 0 Å². The molecule has 104 valence electrons. The van der Waals surface area contributed by atoms with Gasteiger partial charge in [-0.3, -0.25) is 0 Å². The Morgan fingerprint density at radius 2 is 2.16 bits per heavy atom. The van der Waals surface area contributed by atoms with Gasteiger partial charge in [-0.1, -0.05) is 0 Å². The Balaban J connectivity index is 2.68. The zero-order valence-electron chi connectivity index (χ0n) is 11.3. The highest BCUT2D eigenvalue weighted by Crippen LogP contribution is 2.14. The van der Waals surface area contributed by atoms with E-state index in [4.69, 9.17) is 5.11 Å². The number of nitrogens with one attached hydrogen (secondary N) is 1. The number of carbonyl (C=O) groups excluding carboxylic acids is 1. The molecule has 0 bridgehead atoms. The maximum absolute atomic E-state index is 12.0. The van der Waals surface area contributed by atoms with Crippen LogP contribution in [-0.2, 0) is 11.3 Å². The van der Waals surface area contributed by atoms with Gasteiger partial charge in [-0.2, -0.15) is 10.2 Å². The van der Waals surface area contributed by atoms with E-state index in [1.165, 1.54) is 24.9 Å². The van der Waals surface area contributed by atoms with Crippen LogP contribution >= 0.6 is 0 Å². The number of hydrogen-bond donors (Lipinski definition) is 2. The minimum Gasteiger partial charge on any atom is -0.480 e. The molecule has 19 heavy (non-hydrogen) atoms. The Morgan fingerprint density at radius 3 is 2.63 bits per heavy atom. The van der Waals surface area contributed by atoms with Crippen LogP contribution in [0.15, 0.2) is 18.3 Å². The quantitative estimate of drug-likeness (QED) is 0.824. The van der Waals surface area contributed by atoms with Gasteiger partial charge in [-0.15, -0.1) is 0 Å². The fraction of sp³-hybridized carbons (Fsp3) is 0.500. The zero-order chi connectivity index (χ0) is 14.5. The summed E-state index contributed by atoms with van der Waals surface area (Å²) in [6, 6.07) is 3.00. The Kier molecular flexibility index (Phi) is 4.80. The first kappa shape index (κ1) is 14.9. The van der Waals surface area contributed by atoms with Crippen LogP contribution in [0.5, 0.6) is 0 Å². The number of aromatic nitrogens is 2. The number of urea groups is 1. The van der Waals surface area contributed by atoms with Crippen LogP contribution in [0, 0.1) is 0 Å². The third kappa shape index (κ3) is 3.64. The molecule has 0 fully saturated rings. The van der Waals surface area contributed by atoms with Gasteiger partial charge in [-0.05, 0) is 32.9 Å². The summed E-state index contributed by atoms with van der Waals surface area (Å²) in [6.07, 6.45) is 1.54. The summed E-state index contributed by atoms with van der Waals surface area (Å²) < 4.78 is 0. The number of nitrogens with zero attached hydrogens (tertiary/aromatic N) is 3. The molecule has 0 spiro atoms. The highest BCUT2D eigenvalue weighted by Gasteiger charge is 2.36. The summed E-state index contributed by atoms with van der Waals surface area (Å²) in [5, 5.41) is 19.3. The van der Waals surface area contributed by atoms with Crippen molar-refractivity contribution in [1.29, 1.82) is 0 Å². The van der Waals surface area contributed by atoms with E-state index in [0.29, 0.717) is 12.2 Å². The SMILES string of the molecule is CCN(C(=O)NCc1cccnn1)C(C)(C)C(=O)O. The van der Waals surface area contributed by atoms with Crippen LogP contribution in [-0.4, -0.2) is 44.3 Å². The van der Waals surface area contributed by atoms with Crippen LogP contribution in [0.3, 0.4) is 0 Å². The molecule has 1 rings (SSSR count). The van der Waals surface area contributed by atoms with Crippen molar-refractivity contribution in [2.45, 2.75) is 32.9 Å². The summed E-state index contributed by atoms with van der Waals surface area (Å²) in [6.45, 7) is 5.21. The first-order chi connectivity index (χ1) is 8.89. The molecule has 1 aromatic rings. The van der Waals surface area contributed by atoms with Gasteiger partial charge < -0.3 is 15.3 Å². The standard InChI is InChI=1S/C12H18N4O3/c1-4-16(12(2,3)10(17)18)11(19)13-8-9-6-5-7-14-15-9/h5-7H,4,8H2,1-3H3,(H,13,19)(H,17,18). The van der Waals surface area contributed by atoms with E-state index in [1.54, 1.807) is 19.1 Å². The van der Waals surface area contributed by atoms with E-state index in [2.05, 4.69) is 15.5 Å². The van der Waals surface area contributed by atoms with Crippen molar-refractivity contribution in [3.8, 4) is 0 Å². The van der Waals surface area contributed by atoms with Crippen molar-refractivity contribution >= 4 is 12.0 Å². The minimum atomic E-state index is -1.26. The predicted molar refractivity (Wildman–Crippen MR) is 68.4 cm³/mol. The summed E-state index contributed by atoms with van der Waals surface area (Å²) in [4.78, 5) is 24.4. The van der Waals surface area contributed by atoms with E-state index in [-0.39, 0.29) is 6.54 Å². The lowest BCUT2D eigenvalue weighted by molar-refractivity contribution is -0.147. The second-order valence-corrected chi connectivity index (χ2v) is 4.48. The normalized spacial score (nSPS) is 10.9. The van der Waals surface area contributed by atoms with Gasteiger partial charge in [0.1, 0.15) is 5.54 Å². The molecular weight excluding hydrogens is 248 g/mol. The lowest BCUT2D eigenvalue weighted by Crippen LogP contribution is -2.55. The van der Waals surface area contributed by atoms with Crippen molar-refractivity contribution in [1.82, 2.24) is 20.4 Å². The first-order valence-corrected chi connectivity index (χ1v) is 5.95. The summed E-state index contributed by atoms with van der Waals surface area (Å²) >= 11 is 0. The molecule has 0 aromatic carbocycles. The van der Waals surface area contributed by atoms with E-state index in [9.17, 15) is 9.59 Å². The number of likely N-dealkylation sites (N-methyl/N-ethyl adjacent to an activating group) is 1. The molecule has 0 aliphatic rings. The third-order valence-corrected chi connectivity index (χ3v) is 2.81. The lowest BCUT2D eigenvalue weighted by Gasteiger charge is -2.34. The monoisotopic (exact) mass is 266 g/mol. The molecular formula is C12H18N4O3. The number of aliphatic carboxylic acids is 1. The number of amides is 2. The molecule has 2 N–H and O–H groups in total. The van der Waals surface area contributed by atoms with Gasteiger partial charge in [0.15, 0.2) is 0 Å². The number of hydrogen-bond acceptors (Lipinski definition) is 4. The molecule has 0 radical (unpaired) electrons. The van der Waals surface area contributed by atoms with Gasteiger partial charge in [0.25, 0.3) is 0 Å². The average molecular weight is 266 g/mol. The average Bonchev–Trinajstić information content (AvgIpc) is 2.38. The predicted octanol–water partition coefficient (Wildman–Crippen LogP) is 0.871. The highest BCUT2D eigenvalue weighted by molar-refractivity contribution is 5.85. The molecule has 0 saturated carbocycles. The molecule has 0 aliphatic heterocycles. The molecule has 1 aromatic heterocycles. The largest absolute Gasteiger partial charge is 0.480 e. The molecule has 0 saturated heterocycles. The Labute approximate surface area is 111 Å². The van der Waals surface area contributed by atoms with Crippen molar-refractivity contribution in [3.63, 3.8) is 0 Å². The van der Waals surface area contributed by atoms with Gasteiger partial charge in [0.2, 0.25) is 0 Å². The Bertz CT molecular complexity index is 448. The highest BCUT2D eigenvalue weighted by atomic mass is 16.4. The first-order valence-electron chi connectivity index (χ1n) is 5.95. The number of carbonyl (C=O) groups is 2. The molecule has 0 aliphatic carbocycles. The fourth-order valence-electron chi connectivity index (χ4n) is 1.60. The molecule has 2 amide bonds. The fourth-order valence-corrected chi connectivity index (χ4v) is 1.60. The van der Waals surface area contributed by atoms with Crippen LogP contribution < -0.4 is 5.32 Å². The smallest absolute Gasteiger partial charge is 0.329 e. The maximum Gasteiger partial charge on any atom is 0.329 e. The van der Waals surface area contributed by atoms with Crippen LogP contribution in [0.4, 0.5) is 4.79 Å². The number of rotatable bonds is 5. The van der Waals surface area contributed by atoms with Crippen molar-refractivity contribution < 1.29 is 14.7 Å². The van der Waals surface area contributed by atoms with Crippen LogP contribution in [0.25, 0.3) is 0 Å². The van der Waals surface area contributed by atoms with Gasteiger partial charge in [-0.25, -0.2) is 9.59 Å². The Hall–Kier alpha value is -2.18. The minimum absolute atomic E-state index is 0.207. The van der Waals surface area contributed by atoms with Crippen LogP contribution in [0.2, 0.25) is 0 Å². The second-order valence-electron chi connectivity index (χ2n) is 4.48. The third-order valence-electron chi connectivity index (χ3n) is 2.81. The summed E-state index contributed by atoms with van der Waals surface area (Å²) in [5.41, 5.74) is -0.652. The van der Waals surface area contributed by atoms with E-state index < -0.39 is 17.5 Å². The lowest BCUT2D eigenvalue weighted by atomic mass is 10.0. The van der Waals surface area contributed by atoms with E-state index >= 15 is 0 Å². The molecule has 0 atom stereocenters. The zero-order valence-corrected chi connectivity index (χ0v) is 11.3. The van der Waals surface area contributed by atoms with Crippen molar-refractivity contribution in [2.24, 2.45) is 0 Å². The molecule has 7 nitrogen and oxygen atoms in total. The van der Waals surface area contributed by atoms with Gasteiger partial charge in [0, 0.05) is 12.7 Å². The number of carboxylic acid groups (broad SMARTS) is 1.